The number of fused-ring (bicyclic) bond motifs is 1. The summed E-state index contributed by atoms with van der Waals surface area (Å²) in [7, 11) is 0. The van der Waals surface area contributed by atoms with Crippen LogP contribution in [0.25, 0.3) is 21.2 Å². The molecule has 0 unspecified atom stereocenters. The molecule has 3 aromatic rings. The molecule has 1 heterocycles. The largest absolute Gasteiger partial charge is 0.396 e. The van der Waals surface area contributed by atoms with Crippen molar-refractivity contribution in [2.75, 3.05) is 5.73 Å². The minimum atomic E-state index is -0.375. The third-order valence-electron chi connectivity index (χ3n) is 2.86. The zero-order valence-electron chi connectivity index (χ0n) is 9.28. The molecule has 0 bridgehead atoms. The molecule has 3 rings (SSSR count). The molecule has 0 saturated carbocycles. The molecule has 1 nitrogen and oxygen atoms in total. The molecular weight excluding hydrogens is 313 g/mol. The third-order valence-corrected chi connectivity index (χ3v) is 4.81. The van der Waals surface area contributed by atoms with Crippen LogP contribution in [0.2, 0.25) is 0 Å². The van der Waals surface area contributed by atoms with Crippen LogP contribution in [0.5, 0.6) is 0 Å². The minimum absolute atomic E-state index is 0.182. The molecule has 1 aromatic heterocycles. The number of hydrogen-bond acceptors (Lipinski definition) is 2. The van der Waals surface area contributed by atoms with Crippen molar-refractivity contribution < 1.29 is 4.39 Å². The van der Waals surface area contributed by atoms with Crippen molar-refractivity contribution in [3.05, 3.63) is 52.1 Å². The molecule has 0 aliphatic carbocycles. The van der Waals surface area contributed by atoms with E-state index in [1.165, 1.54) is 10.8 Å². The van der Waals surface area contributed by atoms with E-state index in [9.17, 15) is 4.39 Å². The van der Waals surface area contributed by atoms with Crippen LogP contribution < -0.4 is 5.73 Å². The van der Waals surface area contributed by atoms with E-state index in [0.29, 0.717) is 0 Å². The fourth-order valence-corrected chi connectivity index (χ4v) is 3.59. The molecule has 0 aliphatic heterocycles. The smallest absolute Gasteiger partial charge is 0.146 e. The number of nitrogen functional groups attached to an aromatic ring is 1. The standard InChI is InChI=1S/C14H9BrFNS/c15-11-3-1-2-9-10(7-18-14(9)11)8-4-5-12(16)13(17)6-8/h1-7H,17H2. The molecule has 4 heteroatoms. The fourth-order valence-electron chi connectivity index (χ4n) is 1.96. The Morgan fingerprint density at radius 2 is 2.00 bits per heavy atom. The van der Waals surface area contributed by atoms with E-state index in [1.54, 1.807) is 23.5 Å². The van der Waals surface area contributed by atoms with E-state index in [1.807, 2.05) is 12.1 Å². The van der Waals surface area contributed by atoms with Gasteiger partial charge >= 0.3 is 0 Å². The topological polar surface area (TPSA) is 26.0 Å². The van der Waals surface area contributed by atoms with Gasteiger partial charge in [-0.25, -0.2) is 4.39 Å². The SMILES string of the molecule is Nc1cc(-c2csc3c(Br)cccc23)ccc1F. The van der Waals surface area contributed by atoms with Crippen molar-refractivity contribution in [2.24, 2.45) is 0 Å². The Morgan fingerprint density at radius 1 is 1.17 bits per heavy atom. The van der Waals surface area contributed by atoms with Crippen LogP contribution in [0.1, 0.15) is 0 Å². The second-order valence-corrected chi connectivity index (χ2v) is 5.74. The Kier molecular flexibility index (Phi) is 2.84. The molecule has 18 heavy (non-hydrogen) atoms. The molecule has 0 saturated heterocycles. The van der Waals surface area contributed by atoms with E-state index in [4.69, 9.17) is 5.73 Å². The first kappa shape index (κ1) is 11.7. The third kappa shape index (κ3) is 1.82. The normalized spacial score (nSPS) is 11.0. The number of benzene rings is 2. The Morgan fingerprint density at radius 3 is 2.78 bits per heavy atom. The molecule has 2 aromatic carbocycles. The van der Waals surface area contributed by atoms with Gasteiger partial charge in [0.05, 0.1) is 5.69 Å². The van der Waals surface area contributed by atoms with Gasteiger partial charge in [-0.05, 0) is 45.1 Å². The van der Waals surface area contributed by atoms with Gasteiger partial charge in [0.25, 0.3) is 0 Å². The quantitative estimate of drug-likeness (QED) is 0.623. The summed E-state index contributed by atoms with van der Waals surface area (Å²) in [5.41, 5.74) is 7.83. The van der Waals surface area contributed by atoms with E-state index in [-0.39, 0.29) is 11.5 Å². The van der Waals surface area contributed by atoms with Gasteiger partial charge in [-0.15, -0.1) is 11.3 Å². The molecule has 0 atom stereocenters. The molecule has 0 amide bonds. The number of anilines is 1. The Hall–Kier alpha value is -1.39. The maximum absolute atomic E-state index is 13.2. The molecule has 0 aliphatic rings. The zero-order chi connectivity index (χ0) is 12.7. The fraction of sp³-hybridized carbons (Fsp3) is 0. The van der Waals surface area contributed by atoms with E-state index in [0.717, 1.165) is 21.0 Å². The number of thiophene rings is 1. The van der Waals surface area contributed by atoms with Crippen molar-refractivity contribution >= 4 is 43.0 Å². The van der Waals surface area contributed by atoms with E-state index < -0.39 is 0 Å². The summed E-state index contributed by atoms with van der Waals surface area (Å²) in [4.78, 5) is 0. The minimum Gasteiger partial charge on any atom is -0.396 e. The van der Waals surface area contributed by atoms with Crippen LogP contribution in [0, 0.1) is 5.82 Å². The first-order valence-electron chi connectivity index (χ1n) is 5.38. The first-order valence-corrected chi connectivity index (χ1v) is 7.05. The molecular formula is C14H9BrFNS. The summed E-state index contributed by atoms with van der Waals surface area (Å²) in [6, 6.07) is 10.9. The van der Waals surface area contributed by atoms with E-state index >= 15 is 0 Å². The van der Waals surface area contributed by atoms with Crippen molar-refractivity contribution in [1.82, 2.24) is 0 Å². The van der Waals surface area contributed by atoms with E-state index in [2.05, 4.69) is 27.4 Å². The van der Waals surface area contributed by atoms with Crippen LogP contribution in [-0.2, 0) is 0 Å². The van der Waals surface area contributed by atoms with Crippen LogP contribution in [-0.4, -0.2) is 0 Å². The Labute approximate surface area is 116 Å². The highest BCUT2D eigenvalue weighted by atomic mass is 79.9. The number of rotatable bonds is 1. The molecule has 0 radical (unpaired) electrons. The molecule has 90 valence electrons. The average molecular weight is 322 g/mol. The summed E-state index contributed by atoms with van der Waals surface area (Å²) >= 11 is 5.20. The summed E-state index contributed by atoms with van der Waals surface area (Å²) in [5.74, 6) is -0.375. The molecule has 0 fully saturated rings. The number of hydrogen-bond donors (Lipinski definition) is 1. The lowest BCUT2D eigenvalue weighted by Gasteiger charge is -2.03. The summed E-state index contributed by atoms with van der Waals surface area (Å²) in [5, 5.41) is 3.22. The van der Waals surface area contributed by atoms with Crippen LogP contribution >= 0.6 is 27.3 Å². The first-order chi connectivity index (χ1) is 8.66. The Balaban J connectivity index is 2.25. The lowest BCUT2D eigenvalue weighted by Crippen LogP contribution is -1.90. The van der Waals surface area contributed by atoms with Crippen molar-refractivity contribution in [2.45, 2.75) is 0 Å². The van der Waals surface area contributed by atoms with Gasteiger partial charge in [0.1, 0.15) is 5.82 Å². The number of halogens is 2. The number of nitrogens with two attached hydrogens (primary N) is 1. The van der Waals surface area contributed by atoms with Gasteiger partial charge in [-0.3, -0.25) is 0 Å². The maximum atomic E-state index is 13.2. The highest BCUT2D eigenvalue weighted by Crippen LogP contribution is 2.38. The second-order valence-electron chi connectivity index (χ2n) is 4.00. The van der Waals surface area contributed by atoms with Gasteiger partial charge in [-0.2, -0.15) is 0 Å². The predicted octanol–water partition coefficient (Wildman–Crippen LogP) is 5.05. The lowest BCUT2D eigenvalue weighted by molar-refractivity contribution is 0.632. The lowest BCUT2D eigenvalue weighted by atomic mass is 10.0. The van der Waals surface area contributed by atoms with Gasteiger partial charge in [0.15, 0.2) is 0 Å². The maximum Gasteiger partial charge on any atom is 0.146 e. The van der Waals surface area contributed by atoms with Gasteiger partial charge in [0.2, 0.25) is 0 Å². The summed E-state index contributed by atoms with van der Waals surface area (Å²) in [6.07, 6.45) is 0. The van der Waals surface area contributed by atoms with Crippen LogP contribution in [0.15, 0.2) is 46.3 Å². The van der Waals surface area contributed by atoms with Crippen molar-refractivity contribution in [3.8, 4) is 11.1 Å². The van der Waals surface area contributed by atoms with Crippen molar-refractivity contribution in [1.29, 1.82) is 0 Å². The van der Waals surface area contributed by atoms with Crippen LogP contribution in [0.3, 0.4) is 0 Å². The predicted molar refractivity (Wildman–Crippen MR) is 79.3 cm³/mol. The van der Waals surface area contributed by atoms with Gasteiger partial charge < -0.3 is 5.73 Å². The molecule has 2 N–H and O–H groups in total. The van der Waals surface area contributed by atoms with Gasteiger partial charge in [-0.1, -0.05) is 18.2 Å². The van der Waals surface area contributed by atoms with Gasteiger partial charge in [0, 0.05) is 20.1 Å². The monoisotopic (exact) mass is 321 g/mol. The van der Waals surface area contributed by atoms with Crippen molar-refractivity contribution in [3.63, 3.8) is 0 Å². The summed E-state index contributed by atoms with van der Waals surface area (Å²) < 4.78 is 15.5. The van der Waals surface area contributed by atoms with Crippen LogP contribution in [0.4, 0.5) is 10.1 Å². The highest BCUT2D eigenvalue weighted by molar-refractivity contribution is 9.10. The Bertz CT molecular complexity index is 736. The summed E-state index contributed by atoms with van der Waals surface area (Å²) in [6.45, 7) is 0. The molecule has 0 spiro atoms. The second kappa shape index (κ2) is 4.37. The zero-order valence-corrected chi connectivity index (χ0v) is 11.7. The average Bonchev–Trinajstić information content (AvgIpc) is 2.78. The highest BCUT2D eigenvalue weighted by Gasteiger charge is 2.09.